The van der Waals surface area contributed by atoms with Gasteiger partial charge in [0, 0.05) is 0 Å². The summed E-state index contributed by atoms with van der Waals surface area (Å²) in [6, 6.07) is 13.3. The van der Waals surface area contributed by atoms with Crippen molar-refractivity contribution >= 4 is 15.8 Å². The number of ether oxygens (including phenoxy) is 1. The Kier molecular flexibility index (Phi) is 5.49. The second-order valence-corrected chi connectivity index (χ2v) is 9.82. The number of aryl methyl sites for hydroxylation is 2. The van der Waals surface area contributed by atoms with Crippen LogP contribution >= 0.6 is 0 Å². The van der Waals surface area contributed by atoms with Crippen LogP contribution in [0.1, 0.15) is 43.5 Å². The fourth-order valence-electron chi connectivity index (χ4n) is 3.28. The fourth-order valence-corrected chi connectivity index (χ4v) is 4.50. The molecule has 0 spiro atoms. The predicted molar refractivity (Wildman–Crippen MR) is 109 cm³/mol. The quantitative estimate of drug-likeness (QED) is 0.829. The van der Waals surface area contributed by atoms with Gasteiger partial charge in [0.2, 0.25) is 10.0 Å². The molecule has 1 heterocycles. The number of Topliss-reactive ketones (excluding diaryl/α,β-unsaturated/α-hetero) is 1. The molecule has 0 aliphatic carbocycles. The topological polar surface area (TPSA) is 72.5 Å². The highest BCUT2D eigenvalue weighted by Gasteiger charge is 2.51. The number of carbonyl (C=O) groups is 1. The van der Waals surface area contributed by atoms with Gasteiger partial charge in [-0.25, -0.2) is 13.1 Å². The van der Waals surface area contributed by atoms with Crippen molar-refractivity contribution in [2.75, 3.05) is 0 Å². The Bertz CT molecular complexity index is 963. The van der Waals surface area contributed by atoms with E-state index in [-0.39, 0.29) is 16.8 Å². The van der Waals surface area contributed by atoms with E-state index in [0.29, 0.717) is 5.56 Å². The summed E-state index contributed by atoms with van der Waals surface area (Å²) < 4.78 is 34.7. The smallest absolute Gasteiger partial charge is 0.241 e. The van der Waals surface area contributed by atoms with Crippen molar-refractivity contribution in [3.8, 4) is 0 Å². The van der Waals surface area contributed by atoms with Crippen LogP contribution < -0.4 is 4.72 Å². The number of benzene rings is 2. The lowest BCUT2D eigenvalue weighted by Gasteiger charge is -2.24. The van der Waals surface area contributed by atoms with Crippen LogP contribution in [0.2, 0.25) is 0 Å². The number of rotatable bonds is 5. The van der Waals surface area contributed by atoms with Gasteiger partial charge in [-0.05, 0) is 38.5 Å². The highest BCUT2D eigenvalue weighted by atomic mass is 32.2. The summed E-state index contributed by atoms with van der Waals surface area (Å²) in [5, 5.41) is 0. The molecule has 6 heteroatoms. The number of carbonyl (C=O) groups excluding carboxylic acids is 1. The van der Waals surface area contributed by atoms with Crippen molar-refractivity contribution in [2.45, 2.75) is 57.8 Å². The molecule has 0 bridgehead atoms. The zero-order valence-corrected chi connectivity index (χ0v) is 17.7. The van der Waals surface area contributed by atoms with Crippen molar-refractivity contribution in [3.05, 3.63) is 65.2 Å². The molecule has 3 atom stereocenters. The van der Waals surface area contributed by atoms with Crippen LogP contribution in [0.3, 0.4) is 0 Å². The molecule has 28 heavy (non-hydrogen) atoms. The van der Waals surface area contributed by atoms with Crippen LogP contribution in [0.4, 0.5) is 0 Å². The first-order valence-electron chi connectivity index (χ1n) is 9.38. The lowest BCUT2D eigenvalue weighted by atomic mass is 9.81. The van der Waals surface area contributed by atoms with Gasteiger partial charge in [-0.2, -0.15) is 0 Å². The van der Waals surface area contributed by atoms with E-state index in [9.17, 15) is 13.2 Å². The molecular formula is C22H27NO4S. The normalized spacial score (nSPS) is 23.0. The van der Waals surface area contributed by atoms with Crippen molar-refractivity contribution in [1.29, 1.82) is 0 Å². The number of hydrogen-bond acceptors (Lipinski definition) is 4. The van der Waals surface area contributed by atoms with Crippen molar-refractivity contribution in [3.63, 3.8) is 0 Å². The van der Waals surface area contributed by atoms with E-state index >= 15 is 0 Å². The molecule has 1 N–H and O–H groups in total. The first-order valence-corrected chi connectivity index (χ1v) is 10.9. The lowest BCUT2D eigenvalue weighted by molar-refractivity contribution is -0.127. The van der Waals surface area contributed by atoms with E-state index in [1.807, 2.05) is 58.9 Å². The minimum atomic E-state index is -3.83. The molecule has 1 aliphatic heterocycles. The Morgan fingerprint density at radius 1 is 0.964 bits per heavy atom. The molecule has 3 rings (SSSR count). The van der Waals surface area contributed by atoms with Crippen LogP contribution in [0.15, 0.2) is 53.4 Å². The third-order valence-electron chi connectivity index (χ3n) is 5.61. The van der Waals surface area contributed by atoms with Gasteiger partial charge >= 0.3 is 0 Å². The largest absolute Gasteiger partial charge is 0.364 e. The monoisotopic (exact) mass is 401 g/mol. The average molecular weight is 402 g/mol. The third kappa shape index (κ3) is 3.90. The third-order valence-corrected chi connectivity index (χ3v) is 7.07. The summed E-state index contributed by atoms with van der Waals surface area (Å²) in [4.78, 5) is 13.2. The molecule has 5 nitrogen and oxygen atoms in total. The molecule has 1 saturated heterocycles. The predicted octanol–water partition coefficient (Wildman–Crippen LogP) is 3.71. The van der Waals surface area contributed by atoms with Gasteiger partial charge in [-0.1, -0.05) is 61.4 Å². The summed E-state index contributed by atoms with van der Waals surface area (Å²) in [6.07, 6.45) is -1.19. The maximum Gasteiger partial charge on any atom is 0.241 e. The standard InChI is InChI=1S/C22H27NO4S/c1-14-6-10-17(11-7-14)19(20-21(24)22(4,5)16(3)27-20)23-28(25,26)18-12-8-15(2)9-13-18/h6-13,16,19-20,23H,1-5H3/t16-,19?,20-/m0/s1. The first-order chi connectivity index (χ1) is 13.0. The molecule has 1 aliphatic rings. The van der Waals surface area contributed by atoms with Crippen LogP contribution in [0.5, 0.6) is 0 Å². The molecule has 0 amide bonds. The molecular weight excluding hydrogens is 374 g/mol. The van der Waals surface area contributed by atoms with E-state index in [2.05, 4.69) is 4.72 Å². The Morgan fingerprint density at radius 3 is 1.93 bits per heavy atom. The highest BCUT2D eigenvalue weighted by Crippen LogP contribution is 2.39. The van der Waals surface area contributed by atoms with E-state index < -0.39 is 27.6 Å². The van der Waals surface area contributed by atoms with Gasteiger partial charge in [-0.3, -0.25) is 4.79 Å². The Hall–Kier alpha value is -2.02. The molecule has 1 fully saturated rings. The van der Waals surface area contributed by atoms with Gasteiger partial charge in [-0.15, -0.1) is 0 Å². The van der Waals surface area contributed by atoms with E-state index in [1.54, 1.807) is 24.3 Å². The summed E-state index contributed by atoms with van der Waals surface area (Å²) in [7, 11) is -3.83. The SMILES string of the molecule is Cc1ccc(C(NS(=O)(=O)c2ccc(C)cc2)[C@@H]2O[C@@H](C)C(C)(C)C2=O)cc1. The van der Waals surface area contributed by atoms with Crippen LogP contribution in [0.25, 0.3) is 0 Å². The van der Waals surface area contributed by atoms with Crippen LogP contribution in [-0.2, 0) is 19.6 Å². The second-order valence-electron chi connectivity index (χ2n) is 8.11. The summed E-state index contributed by atoms with van der Waals surface area (Å²) in [6.45, 7) is 9.37. The molecule has 0 aromatic heterocycles. The maximum absolute atomic E-state index is 13.0. The van der Waals surface area contributed by atoms with E-state index in [0.717, 1.165) is 11.1 Å². The van der Waals surface area contributed by atoms with Gasteiger partial charge in [0.05, 0.1) is 22.5 Å². The van der Waals surface area contributed by atoms with Crippen molar-refractivity contribution < 1.29 is 17.9 Å². The molecule has 0 radical (unpaired) electrons. The van der Waals surface area contributed by atoms with E-state index in [1.165, 1.54) is 0 Å². The summed E-state index contributed by atoms with van der Waals surface area (Å²) >= 11 is 0. The number of nitrogens with one attached hydrogen (secondary N) is 1. The fraction of sp³-hybridized carbons (Fsp3) is 0.409. The van der Waals surface area contributed by atoms with Gasteiger partial charge in [0.15, 0.2) is 5.78 Å². The van der Waals surface area contributed by atoms with Crippen molar-refractivity contribution in [1.82, 2.24) is 4.72 Å². The molecule has 2 aromatic rings. The lowest BCUT2D eigenvalue weighted by Crippen LogP contribution is -2.41. The number of sulfonamides is 1. The molecule has 2 aromatic carbocycles. The van der Waals surface area contributed by atoms with E-state index in [4.69, 9.17) is 4.74 Å². The Labute approximate surface area is 167 Å². The minimum absolute atomic E-state index is 0.0998. The number of hydrogen-bond donors (Lipinski definition) is 1. The van der Waals surface area contributed by atoms with Gasteiger partial charge < -0.3 is 4.74 Å². The minimum Gasteiger partial charge on any atom is -0.364 e. The summed E-state index contributed by atoms with van der Waals surface area (Å²) in [5.74, 6) is -0.0998. The van der Waals surface area contributed by atoms with Gasteiger partial charge in [0.1, 0.15) is 6.10 Å². The Morgan fingerprint density at radius 2 is 1.46 bits per heavy atom. The molecule has 1 unspecified atom stereocenters. The first kappa shape index (κ1) is 20.7. The van der Waals surface area contributed by atoms with Crippen LogP contribution in [0, 0.1) is 19.3 Å². The molecule has 0 saturated carbocycles. The van der Waals surface area contributed by atoms with Gasteiger partial charge in [0.25, 0.3) is 0 Å². The zero-order valence-electron chi connectivity index (χ0n) is 16.9. The average Bonchev–Trinajstić information content (AvgIpc) is 2.84. The molecule has 150 valence electrons. The Balaban J connectivity index is 2.01. The summed E-state index contributed by atoms with van der Waals surface area (Å²) in [5.41, 5.74) is 2.04. The van der Waals surface area contributed by atoms with Crippen molar-refractivity contribution in [2.24, 2.45) is 5.41 Å². The second kappa shape index (κ2) is 7.43. The highest BCUT2D eigenvalue weighted by molar-refractivity contribution is 7.89. The number of ketones is 1. The maximum atomic E-state index is 13.0. The zero-order chi connectivity index (χ0) is 20.7. The van der Waals surface area contributed by atoms with Crippen LogP contribution in [-0.4, -0.2) is 26.4 Å².